The topological polar surface area (TPSA) is 66.6 Å². The molecule has 3 aromatic heterocycles. The lowest BCUT2D eigenvalue weighted by molar-refractivity contribution is 0.198. The minimum atomic E-state index is -0.0861. The van der Waals surface area contributed by atoms with Crippen LogP contribution >= 0.6 is 22.7 Å². The number of thiazole rings is 1. The summed E-state index contributed by atoms with van der Waals surface area (Å²) in [5.74, 6) is 0. The van der Waals surface area contributed by atoms with E-state index in [-0.39, 0.29) is 5.56 Å². The number of hydrogen-bond donors (Lipinski definition) is 0. The number of aromatic nitrogens is 4. The molecule has 0 saturated carbocycles. The summed E-state index contributed by atoms with van der Waals surface area (Å²) < 4.78 is 1.43. The predicted octanol–water partition coefficient (Wildman–Crippen LogP) is 2.44. The first-order chi connectivity index (χ1) is 12.7. The van der Waals surface area contributed by atoms with Crippen LogP contribution in [0.15, 0.2) is 22.4 Å². The molecule has 7 nitrogen and oxygen atoms in total. The Morgan fingerprint density at radius 1 is 1.27 bits per heavy atom. The van der Waals surface area contributed by atoms with Crippen molar-refractivity contribution in [2.75, 3.05) is 31.1 Å². The first kappa shape index (κ1) is 17.6. The fraction of sp³-hybridized carbons (Fsp3) is 0.529. The maximum absolute atomic E-state index is 12.3. The normalized spacial score (nSPS) is 17.1. The lowest BCUT2D eigenvalue weighted by Crippen LogP contribution is -2.47. The molecule has 1 aliphatic heterocycles. The molecule has 4 heterocycles. The van der Waals surface area contributed by atoms with Crippen LogP contribution in [0.5, 0.6) is 0 Å². The minimum absolute atomic E-state index is 0.0861. The number of piperazine rings is 1. The summed E-state index contributed by atoms with van der Waals surface area (Å²) in [7, 11) is 0. The summed E-state index contributed by atoms with van der Waals surface area (Å²) in [4.78, 5) is 26.7. The Morgan fingerprint density at radius 2 is 2.08 bits per heavy atom. The standard InChI is InChI=1S/C17H22N6OS2/c1-3-4-13-11-14(24)23-16(19-13)26-17(20-23)22-8-6-21(7-9-22)12(2)15-18-5-10-25-15/h5,10-12H,3-4,6-9H2,1-2H3. The van der Waals surface area contributed by atoms with Crippen molar-refractivity contribution in [1.29, 1.82) is 0 Å². The van der Waals surface area contributed by atoms with Crippen LogP contribution in [-0.2, 0) is 6.42 Å². The van der Waals surface area contributed by atoms with Gasteiger partial charge in [-0.3, -0.25) is 9.69 Å². The molecule has 0 spiro atoms. The Labute approximate surface area is 159 Å². The average molecular weight is 391 g/mol. The van der Waals surface area contributed by atoms with E-state index in [4.69, 9.17) is 0 Å². The van der Waals surface area contributed by atoms with E-state index >= 15 is 0 Å². The van der Waals surface area contributed by atoms with Crippen molar-refractivity contribution in [2.24, 2.45) is 0 Å². The molecule has 1 fully saturated rings. The first-order valence-electron chi connectivity index (χ1n) is 8.94. The molecule has 9 heteroatoms. The van der Waals surface area contributed by atoms with Crippen LogP contribution in [-0.4, -0.2) is 50.7 Å². The molecule has 1 atom stereocenters. The number of fused-ring (bicyclic) bond motifs is 1. The van der Waals surface area contributed by atoms with Crippen LogP contribution in [0, 0.1) is 0 Å². The Balaban J connectivity index is 1.49. The van der Waals surface area contributed by atoms with Gasteiger partial charge in [-0.15, -0.1) is 16.4 Å². The zero-order valence-electron chi connectivity index (χ0n) is 15.0. The van der Waals surface area contributed by atoms with Gasteiger partial charge >= 0.3 is 0 Å². The third-order valence-electron chi connectivity index (χ3n) is 4.73. The highest BCUT2D eigenvalue weighted by Gasteiger charge is 2.25. The van der Waals surface area contributed by atoms with Crippen LogP contribution in [0.4, 0.5) is 5.13 Å². The van der Waals surface area contributed by atoms with Gasteiger partial charge in [-0.25, -0.2) is 9.97 Å². The van der Waals surface area contributed by atoms with E-state index in [2.05, 4.69) is 38.7 Å². The number of hydrogen-bond acceptors (Lipinski definition) is 8. The molecule has 0 amide bonds. The van der Waals surface area contributed by atoms with E-state index < -0.39 is 0 Å². The zero-order valence-corrected chi connectivity index (χ0v) is 16.6. The van der Waals surface area contributed by atoms with Crippen molar-refractivity contribution >= 4 is 32.8 Å². The highest BCUT2D eigenvalue weighted by atomic mass is 32.1. The SMILES string of the molecule is CCCc1cc(=O)n2nc(N3CCN(C(C)c4nccs4)CC3)sc2n1. The zero-order chi connectivity index (χ0) is 18.1. The first-order valence-corrected chi connectivity index (χ1v) is 10.6. The van der Waals surface area contributed by atoms with Crippen molar-refractivity contribution in [3.8, 4) is 0 Å². The van der Waals surface area contributed by atoms with Gasteiger partial charge in [0, 0.05) is 49.5 Å². The van der Waals surface area contributed by atoms with Gasteiger partial charge in [0.1, 0.15) is 5.01 Å². The smallest absolute Gasteiger partial charge is 0.275 e. The molecule has 26 heavy (non-hydrogen) atoms. The van der Waals surface area contributed by atoms with Gasteiger partial charge in [-0.1, -0.05) is 24.7 Å². The maximum Gasteiger partial charge on any atom is 0.275 e. The number of nitrogens with zero attached hydrogens (tertiary/aromatic N) is 6. The van der Waals surface area contributed by atoms with E-state index in [9.17, 15) is 4.79 Å². The molecule has 4 rings (SSSR count). The molecule has 0 aliphatic carbocycles. The van der Waals surface area contributed by atoms with Crippen LogP contribution in [0.3, 0.4) is 0 Å². The molecule has 1 unspecified atom stereocenters. The molecule has 138 valence electrons. The van der Waals surface area contributed by atoms with Gasteiger partial charge in [0.25, 0.3) is 5.56 Å². The minimum Gasteiger partial charge on any atom is -0.344 e. The highest BCUT2D eigenvalue weighted by Crippen LogP contribution is 2.27. The fourth-order valence-corrected chi connectivity index (χ4v) is 4.96. The highest BCUT2D eigenvalue weighted by molar-refractivity contribution is 7.20. The molecule has 0 radical (unpaired) electrons. The Morgan fingerprint density at radius 3 is 2.77 bits per heavy atom. The number of rotatable bonds is 5. The van der Waals surface area contributed by atoms with Crippen molar-refractivity contribution in [1.82, 2.24) is 24.5 Å². The predicted molar refractivity (Wildman–Crippen MR) is 105 cm³/mol. The van der Waals surface area contributed by atoms with E-state index in [1.165, 1.54) is 15.9 Å². The molecule has 3 aromatic rings. The lowest BCUT2D eigenvalue weighted by atomic mass is 10.2. The third kappa shape index (κ3) is 3.38. The number of aryl methyl sites for hydroxylation is 1. The summed E-state index contributed by atoms with van der Waals surface area (Å²) in [5, 5.41) is 8.59. The van der Waals surface area contributed by atoms with E-state index in [0.717, 1.165) is 54.9 Å². The van der Waals surface area contributed by atoms with E-state index in [1.54, 1.807) is 17.4 Å². The van der Waals surface area contributed by atoms with Crippen molar-refractivity contribution < 1.29 is 0 Å². The summed E-state index contributed by atoms with van der Waals surface area (Å²) in [6.07, 6.45) is 3.67. The van der Waals surface area contributed by atoms with Crippen molar-refractivity contribution in [2.45, 2.75) is 32.7 Å². The van der Waals surface area contributed by atoms with Gasteiger partial charge in [0.15, 0.2) is 0 Å². The van der Waals surface area contributed by atoms with Gasteiger partial charge < -0.3 is 4.90 Å². The monoisotopic (exact) mass is 390 g/mol. The molecule has 1 aliphatic rings. The van der Waals surface area contributed by atoms with Crippen LogP contribution in [0.25, 0.3) is 4.96 Å². The van der Waals surface area contributed by atoms with E-state index in [0.29, 0.717) is 11.0 Å². The third-order valence-corrected chi connectivity index (χ3v) is 6.65. The average Bonchev–Trinajstić information content (AvgIpc) is 3.31. The van der Waals surface area contributed by atoms with Gasteiger partial charge in [-0.2, -0.15) is 4.52 Å². The van der Waals surface area contributed by atoms with Crippen LogP contribution in [0.2, 0.25) is 0 Å². The second-order valence-electron chi connectivity index (χ2n) is 6.48. The van der Waals surface area contributed by atoms with Crippen LogP contribution in [0.1, 0.15) is 37.0 Å². The summed E-state index contributed by atoms with van der Waals surface area (Å²) >= 11 is 3.21. The Kier molecular flexibility index (Phi) is 5.01. The Bertz CT molecular complexity index is 927. The quantitative estimate of drug-likeness (QED) is 0.667. The molecule has 0 N–H and O–H groups in total. The lowest BCUT2D eigenvalue weighted by Gasteiger charge is -2.37. The summed E-state index contributed by atoms with van der Waals surface area (Å²) in [6, 6.07) is 1.95. The van der Waals surface area contributed by atoms with Gasteiger partial charge in [0.05, 0.1) is 6.04 Å². The Hall–Kier alpha value is -1.84. The van der Waals surface area contributed by atoms with E-state index in [1.807, 2.05) is 11.6 Å². The molecule has 0 bridgehead atoms. The molecular weight excluding hydrogens is 368 g/mol. The summed E-state index contributed by atoms with van der Waals surface area (Å²) in [5.41, 5.74) is 0.770. The van der Waals surface area contributed by atoms with Crippen LogP contribution < -0.4 is 10.5 Å². The van der Waals surface area contributed by atoms with Gasteiger partial charge in [0.2, 0.25) is 10.1 Å². The maximum atomic E-state index is 12.3. The number of anilines is 1. The molecular formula is C17H22N6OS2. The second-order valence-corrected chi connectivity index (χ2v) is 8.34. The summed E-state index contributed by atoms with van der Waals surface area (Å²) in [6.45, 7) is 8.01. The molecule has 1 saturated heterocycles. The second kappa shape index (κ2) is 7.42. The van der Waals surface area contributed by atoms with Crippen molar-refractivity contribution in [3.63, 3.8) is 0 Å². The van der Waals surface area contributed by atoms with Gasteiger partial charge in [-0.05, 0) is 13.3 Å². The largest absolute Gasteiger partial charge is 0.344 e. The fourth-order valence-electron chi connectivity index (χ4n) is 3.26. The van der Waals surface area contributed by atoms with Crippen molar-refractivity contribution in [3.05, 3.63) is 38.7 Å². The molecule has 0 aromatic carbocycles.